The number of halogens is 3. The molecular weight excluding hydrogens is 360 g/mol. The average Bonchev–Trinajstić information content (AvgIpc) is 2.73. The summed E-state index contributed by atoms with van der Waals surface area (Å²) in [6.07, 6.45) is 2.12. The van der Waals surface area contributed by atoms with Gasteiger partial charge in [0.25, 0.3) is 11.5 Å². The molecule has 0 aromatic carbocycles. The van der Waals surface area contributed by atoms with E-state index in [1.165, 1.54) is 11.5 Å². The van der Waals surface area contributed by atoms with Gasteiger partial charge < -0.3 is 9.88 Å². The molecule has 2 heterocycles. The Labute approximate surface area is 135 Å². The summed E-state index contributed by atoms with van der Waals surface area (Å²) in [5, 5.41) is 2.48. The van der Waals surface area contributed by atoms with Crippen LogP contribution < -0.4 is 10.9 Å². The van der Waals surface area contributed by atoms with Crippen molar-refractivity contribution in [2.45, 2.75) is 32.2 Å². The first-order valence-electron chi connectivity index (χ1n) is 7.05. The van der Waals surface area contributed by atoms with Crippen LogP contribution in [0.5, 0.6) is 0 Å². The highest BCUT2D eigenvalue weighted by Gasteiger charge is 2.37. The van der Waals surface area contributed by atoms with Crippen LogP contribution in [0.1, 0.15) is 19.8 Å². The van der Waals surface area contributed by atoms with E-state index in [0.717, 1.165) is 0 Å². The van der Waals surface area contributed by atoms with Crippen molar-refractivity contribution in [2.75, 3.05) is 25.0 Å². The Morgan fingerprint density at radius 3 is 2.77 bits per heavy atom. The summed E-state index contributed by atoms with van der Waals surface area (Å²) in [5.41, 5.74) is -0.0975. The van der Waals surface area contributed by atoms with E-state index in [9.17, 15) is 18.4 Å². The number of hydrogen-bond acceptors (Lipinski definition) is 3. The van der Waals surface area contributed by atoms with Crippen LogP contribution in [0, 0.1) is 0 Å². The Kier molecular flexibility index (Phi) is 5.33. The number of anilines is 1. The first kappa shape index (κ1) is 17.1. The number of pyridine rings is 1. The molecule has 5 nitrogen and oxygen atoms in total. The fraction of sp³-hybridized carbons (Fsp3) is 0.571. The van der Waals surface area contributed by atoms with Crippen LogP contribution in [0.2, 0.25) is 0 Å². The van der Waals surface area contributed by atoms with Gasteiger partial charge in [-0.15, -0.1) is 0 Å². The van der Waals surface area contributed by atoms with Gasteiger partial charge in [-0.2, -0.15) is 0 Å². The molecule has 1 aromatic rings. The van der Waals surface area contributed by atoms with E-state index in [1.54, 1.807) is 17.2 Å². The molecule has 1 fully saturated rings. The second-order valence-corrected chi connectivity index (χ2v) is 6.40. The topological polar surface area (TPSA) is 54.3 Å². The van der Waals surface area contributed by atoms with Crippen molar-refractivity contribution in [3.63, 3.8) is 0 Å². The number of carbonyl (C=O) groups excluding carboxylic acids is 1. The SMILES string of the molecule is CC(=O)Nc1cc(Br)cn(CCCN2CCC(F)(F)C2)c1=O. The molecule has 0 spiro atoms. The van der Waals surface area contributed by atoms with Gasteiger partial charge >= 0.3 is 0 Å². The first-order chi connectivity index (χ1) is 10.3. The number of aromatic nitrogens is 1. The van der Waals surface area contributed by atoms with Crippen LogP contribution >= 0.6 is 15.9 Å². The minimum absolute atomic E-state index is 0.101. The highest BCUT2D eigenvalue weighted by Crippen LogP contribution is 2.26. The molecule has 8 heteroatoms. The molecule has 0 bridgehead atoms. The van der Waals surface area contributed by atoms with E-state index in [-0.39, 0.29) is 30.1 Å². The molecule has 1 aliphatic rings. The lowest BCUT2D eigenvalue weighted by Crippen LogP contribution is -2.29. The summed E-state index contributed by atoms with van der Waals surface area (Å²) in [5.74, 6) is -2.91. The van der Waals surface area contributed by atoms with Gasteiger partial charge in [0.05, 0.1) is 6.54 Å². The van der Waals surface area contributed by atoms with Crippen molar-refractivity contribution in [2.24, 2.45) is 0 Å². The van der Waals surface area contributed by atoms with Crippen LogP contribution in [0.15, 0.2) is 21.5 Å². The number of amides is 1. The van der Waals surface area contributed by atoms with Crippen LogP contribution in [-0.4, -0.2) is 40.9 Å². The molecule has 1 aromatic heterocycles. The first-order valence-corrected chi connectivity index (χ1v) is 7.84. The Morgan fingerprint density at radius 1 is 1.45 bits per heavy atom. The Balaban J connectivity index is 1.97. The minimum Gasteiger partial charge on any atom is -0.322 e. The fourth-order valence-corrected chi connectivity index (χ4v) is 2.98. The molecule has 22 heavy (non-hydrogen) atoms. The molecule has 0 atom stereocenters. The second kappa shape index (κ2) is 6.87. The monoisotopic (exact) mass is 377 g/mol. The standard InChI is InChI=1S/C14H18BrF2N3O2/c1-10(21)18-12-7-11(15)8-20(13(12)22)5-2-4-19-6-3-14(16,17)9-19/h7-8H,2-6,9H2,1H3,(H,18,21). The Hall–Kier alpha value is -1.28. The van der Waals surface area contributed by atoms with E-state index in [2.05, 4.69) is 21.2 Å². The summed E-state index contributed by atoms with van der Waals surface area (Å²) < 4.78 is 28.3. The second-order valence-electron chi connectivity index (χ2n) is 5.49. The van der Waals surface area contributed by atoms with Gasteiger partial charge in [-0.05, 0) is 28.4 Å². The molecular formula is C14H18BrF2N3O2. The van der Waals surface area contributed by atoms with Crippen LogP contribution in [0.3, 0.4) is 0 Å². The van der Waals surface area contributed by atoms with Crippen molar-refractivity contribution in [1.82, 2.24) is 9.47 Å². The highest BCUT2D eigenvalue weighted by molar-refractivity contribution is 9.10. The summed E-state index contributed by atoms with van der Waals surface area (Å²) >= 11 is 3.29. The van der Waals surface area contributed by atoms with Gasteiger partial charge in [0.1, 0.15) is 5.69 Å². The Bertz CT molecular complexity index is 619. The van der Waals surface area contributed by atoms with Crippen LogP contribution in [0.4, 0.5) is 14.5 Å². The number of carbonyl (C=O) groups is 1. The Morgan fingerprint density at radius 2 is 2.18 bits per heavy atom. The van der Waals surface area contributed by atoms with Crippen molar-refractivity contribution in [1.29, 1.82) is 0 Å². The molecule has 0 radical (unpaired) electrons. The van der Waals surface area contributed by atoms with E-state index in [4.69, 9.17) is 0 Å². The molecule has 1 saturated heterocycles. The van der Waals surface area contributed by atoms with Crippen molar-refractivity contribution >= 4 is 27.5 Å². The van der Waals surface area contributed by atoms with Crippen LogP contribution in [0.25, 0.3) is 0 Å². The normalized spacial score (nSPS) is 17.6. The maximum atomic E-state index is 13.1. The highest BCUT2D eigenvalue weighted by atomic mass is 79.9. The van der Waals surface area contributed by atoms with Crippen molar-refractivity contribution < 1.29 is 13.6 Å². The van der Waals surface area contributed by atoms with Crippen molar-refractivity contribution in [3.8, 4) is 0 Å². The fourth-order valence-electron chi connectivity index (χ4n) is 2.51. The van der Waals surface area contributed by atoms with E-state index >= 15 is 0 Å². The van der Waals surface area contributed by atoms with E-state index in [1.807, 2.05) is 0 Å². The number of nitrogens with one attached hydrogen (secondary N) is 1. The molecule has 1 N–H and O–H groups in total. The third-order valence-corrected chi connectivity index (χ3v) is 3.92. The maximum Gasteiger partial charge on any atom is 0.274 e. The zero-order chi connectivity index (χ0) is 16.3. The average molecular weight is 378 g/mol. The van der Waals surface area contributed by atoms with Crippen LogP contribution in [-0.2, 0) is 11.3 Å². The van der Waals surface area contributed by atoms with Crippen molar-refractivity contribution in [3.05, 3.63) is 27.1 Å². The quantitative estimate of drug-likeness (QED) is 0.856. The molecule has 1 aliphatic heterocycles. The predicted molar refractivity (Wildman–Crippen MR) is 83.3 cm³/mol. The van der Waals surface area contributed by atoms with E-state index in [0.29, 0.717) is 30.5 Å². The molecule has 0 saturated carbocycles. The third kappa shape index (κ3) is 4.61. The van der Waals surface area contributed by atoms with Gasteiger partial charge in [-0.3, -0.25) is 14.5 Å². The lowest BCUT2D eigenvalue weighted by molar-refractivity contribution is -0.114. The molecule has 122 valence electrons. The number of alkyl halides is 2. The number of hydrogen-bond donors (Lipinski definition) is 1. The van der Waals surface area contributed by atoms with Gasteiger partial charge in [-0.1, -0.05) is 0 Å². The van der Waals surface area contributed by atoms with Gasteiger partial charge in [0.15, 0.2) is 0 Å². The summed E-state index contributed by atoms with van der Waals surface area (Å²) in [6.45, 7) is 2.43. The minimum atomic E-state index is -2.59. The molecule has 2 rings (SSSR count). The third-order valence-electron chi connectivity index (χ3n) is 3.49. The predicted octanol–water partition coefficient (Wildman–Crippen LogP) is 2.30. The number of rotatable bonds is 5. The molecule has 0 aliphatic carbocycles. The zero-order valence-corrected chi connectivity index (χ0v) is 13.8. The largest absolute Gasteiger partial charge is 0.322 e. The summed E-state index contributed by atoms with van der Waals surface area (Å²) in [4.78, 5) is 25.0. The van der Waals surface area contributed by atoms with Gasteiger partial charge in [-0.25, -0.2) is 8.78 Å². The zero-order valence-electron chi connectivity index (χ0n) is 12.2. The summed E-state index contributed by atoms with van der Waals surface area (Å²) in [7, 11) is 0. The van der Waals surface area contributed by atoms with Gasteiger partial charge in [0.2, 0.25) is 5.91 Å². The molecule has 0 unspecified atom stereocenters. The number of aryl methyl sites for hydroxylation is 1. The number of likely N-dealkylation sites (tertiary alicyclic amines) is 1. The number of nitrogens with zero attached hydrogens (tertiary/aromatic N) is 2. The lowest BCUT2D eigenvalue weighted by atomic mass is 10.3. The lowest BCUT2D eigenvalue weighted by Gasteiger charge is -2.16. The molecule has 1 amide bonds. The summed E-state index contributed by atoms with van der Waals surface area (Å²) in [6, 6.07) is 1.54. The maximum absolute atomic E-state index is 13.1. The smallest absolute Gasteiger partial charge is 0.274 e. The van der Waals surface area contributed by atoms with Gasteiger partial charge in [0, 0.05) is 43.6 Å². The van der Waals surface area contributed by atoms with E-state index < -0.39 is 5.92 Å².